The molecule has 1 rings (SSSR count). The molecule has 2 N–H and O–H groups in total. The second-order valence-electron chi connectivity index (χ2n) is 5.75. The van der Waals surface area contributed by atoms with Crippen LogP contribution in [0.1, 0.15) is 36.7 Å². The highest BCUT2D eigenvalue weighted by molar-refractivity contribution is 5.96. The highest BCUT2D eigenvalue weighted by Crippen LogP contribution is 2.06. The molecule has 0 saturated carbocycles. The average Bonchev–Trinajstić information content (AvgIpc) is 2.46. The minimum atomic E-state index is -0.637. The summed E-state index contributed by atoms with van der Waals surface area (Å²) < 4.78 is 9.93. The summed E-state index contributed by atoms with van der Waals surface area (Å²) in [4.78, 5) is 23.4. The van der Waals surface area contributed by atoms with Gasteiger partial charge in [-0.15, -0.1) is 0 Å². The Morgan fingerprint density at radius 2 is 2.04 bits per heavy atom. The fourth-order valence-electron chi connectivity index (χ4n) is 1.59. The van der Waals surface area contributed by atoms with Gasteiger partial charge < -0.3 is 14.8 Å². The molecule has 0 aliphatic carbocycles. The van der Waals surface area contributed by atoms with E-state index in [1.54, 1.807) is 52.1 Å². The van der Waals surface area contributed by atoms with Crippen LogP contribution < -0.4 is 10.7 Å². The number of hydrogen-bond acceptors (Lipinski definition) is 5. The maximum Gasteiger partial charge on any atom is 0.428 e. The van der Waals surface area contributed by atoms with Crippen molar-refractivity contribution in [1.82, 2.24) is 10.7 Å². The molecule has 0 aromatic heterocycles. The normalized spacial score (nSPS) is 11.3. The Morgan fingerprint density at radius 1 is 1.30 bits per heavy atom. The first-order chi connectivity index (χ1) is 10.8. The number of rotatable bonds is 6. The molecule has 0 spiro atoms. The van der Waals surface area contributed by atoms with E-state index >= 15 is 0 Å². The number of methoxy groups -OCH3 is 1. The molecule has 7 nitrogen and oxygen atoms in total. The van der Waals surface area contributed by atoms with Gasteiger partial charge in [-0.3, -0.25) is 4.79 Å². The predicted molar refractivity (Wildman–Crippen MR) is 87.6 cm³/mol. The van der Waals surface area contributed by atoms with Gasteiger partial charge in [-0.25, -0.2) is 10.2 Å². The number of ether oxygens (including phenoxy) is 2. The van der Waals surface area contributed by atoms with Crippen LogP contribution in [0, 0.1) is 0 Å². The highest BCUT2D eigenvalue weighted by atomic mass is 16.6. The van der Waals surface area contributed by atoms with Crippen molar-refractivity contribution in [2.24, 2.45) is 5.10 Å². The lowest BCUT2D eigenvalue weighted by Crippen LogP contribution is -2.29. The predicted octanol–water partition coefficient (Wildman–Crippen LogP) is 1.92. The van der Waals surface area contributed by atoms with Gasteiger partial charge in [0.2, 0.25) is 0 Å². The third kappa shape index (κ3) is 7.96. The summed E-state index contributed by atoms with van der Waals surface area (Å²) in [6.07, 6.45) is 0.803. The molecular weight excluding hydrogens is 298 g/mol. The van der Waals surface area contributed by atoms with E-state index in [2.05, 4.69) is 15.8 Å². The van der Waals surface area contributed by atoms with Gasteiger partial charge in [-0.1, -0.05) is 12.1 Å². The van der Waals surface area contributed by atoms with Gasteiger partial charge in [0.05, 0.1) is 12.8 Å². The van der Waals surface area contributed by atoms with Crippen molar-refractivity contribution in [1.29, 1.82) is 0 Å². The van der Waals surface area contributed by atoms with Crippen LogP contribution in [0.4, 0.5) is 4.79 Å². The van der Waals surface area contributed by atoms with Crippen molar-refractivity contribution in [3.05, 3.63) is 35.4 Å². The molecule has 23 heavy (non-hydrogen) atoms. The van der Waals surface area contributed by atoms with Crippen LogP contribution in [-0.2, 0) is 9.47 Å². The van der Waals surface area contributed by atoms with Crippen molar-refractivity contribution in [2.45, 2.75) is 26.4 Å². The summed E-state index contributed by atoms with van der Waals surface area (Å²) in [7, 11) is 1.57. The number of carbonyl (C=O) groups excluding carboxylic acids is 2. The molecule has 1 aromatic rings. The monoisotopic (exact) mass is 321 g/mol. The van der Waals surface area contributed by atoms with Gasteiger partial charge in [0.1, 0.15) is 5.60 Å². The number of hydrogen-bond donors (Lipinski definition) is 2. The van der Waals surface area contributed by atoms with E-state index in [1.165, 1.54) is 6.21 Å². The zero-order valence-electron chi connectivity index (χ0n) is 13.9. The quantitative estimate of drug-likeness (QED) is 0.476. The summed E-state index contributed by atoms with van der Waals surface area (Å²) >= 11 is 0. The standard InChI is InChI=1S/C16H23N3O4/c1-16(2,3)23-15(21)19-18-11-12-6-5-7-13(10-12)14(20)17-8-9-22-4/h5-7,10-11H,8-9H2,1-4H3,(H,17,20)(H,19,21)/b18-11+. The molecule has 126 valence electrons. The summed E-state index contributed by atoms with van der Waals surface area (Å²) in [5, 5.41) is 6.53. The fourth-order valence-corrected chi connectivity index (χ4v) is 1.59. The number of hydrazone groups is 1. The third-order valence-corrected chi connectivity index (χ3v) is 2.51. The number of carbonyl (C=O) groups is 2. The van der Waals surface area contributed by atoms with Crippen LogP contribution >= 0.6 is 0 Å². The van der Waals surface area contributed by atoms with Gasteiger partial charge in [0.15, 0.2) is 0 Å². The van der Waals surface area contributed by atoms with Crippen molar-refractivity contribution in [3.8, 4) is 0 Å². The first-order valence-corrected chi connectivity index (χ1v) is 7.21. The molecule has 0 heterocycles. The lowest BCUT2D eigenvalue weighted by atomic mass is 10.1. The second-order valence-corrected chi connectivity index (χ2v) is 5.75. The molecule has 0 radical (unpaired) electrons. The Morgan fingerprint density at radius 3 is 2.70 bits per heavy atom. The first kappa shape index (κ1) is 18.6. The van der Waals surface area contributed by atoms with Gasteiger partial charge in [0.25, 0.3) is 5.91 Å². The average molecular weight is 321 g/mol. The highest BCUT2D eigenvalue weighted by Gasteiger charge is 2.15. The summed E-state index contributed by atoms with van der Waals surface area (Å²) in [6, 6.07) is 6.87. The fraction of sp³-hybridized carbons (Fsp3) is 0.438. The number of nitrogens with zero attached hydrogens (tertiary/aromatic N) is 1. The lowest BCUT2D eigenvalue weighted by molar-refractivity contribution is 0.0529. The third-order valence-electron chi connectivity index (χ3n) is 2.51. The SMILES string of the molecule is COCCNC(=O)c1cccc(/C=N/NC(=O)OC(C)(C)C)c1. The van der Waals surface area contributed by atoms with Crippen LogP contribution in [0.25, 0.3) is 0 Å². The second kappa shape index (κ2) is 8.89. The van der Waals surface area contributed by atoms with E-state index in [1.807, 2.05) is 0 Å². The zero-order valence-corrected chi connectivity index (χ0v) is 13.9. The maximum absolute atomic E-state index is 11.9. The molecule has 0 unspecified atom stereocenters. The van der Waals surface area contributed by atoms with Crippen LogP contribution in [0.2, 0.25) is 0 Å². The number of nitrogens with one attached hydrogen (secondary N) is 2. The van der Waals surface area contributed by atoms with Crippen molar-refractivity contribution >= 4 is 18.2 Å². The van der Waals surface area contributed by atoms with Crippen molar-refractivity contribution in [3.63, 3.8) is 0 Å². The van der Waals surface area contributed by atoms with Crippen LogP contribution in [0.5, 0.6) is 0 Å². The van der Waals surface area contributed by atoms with Crippen molar-refractivity contribution < 1.29 is 19.1 Å². The lowest BCUT2D eigenvalue weighted by Gasteiger charge is -2.18. The van der Waals surface area contributed by atoms with E-state index in [4.69, 9.17) is 9.47 Å². The first-order valence-electron chi connectivity index (χ1n) is 7.21. The Bertz CT molecular complexity index is 565. The molecule has 0 atom stereocenters. The number of benzene rings is 1. The molecule has 1 aromatic carbocycles. The Balaban J connectivity index is 2.58. The summed E-state index contributed by atoms with van der Waals surface area (Å²) in [5.74, 6) is -0.197. The molecular formula is C16H23N3O4. The van der Waals surface area contributed by atoms with Crippen LogP contribution in [-0.4, -0.2) is 44.1 Å². The van der Waals surface area contributed by atoms with Crippen molar-refractivity contribution in [2.75, 3.05) is 20.3 Å². The van der Waals surface area contributed by atoms with E-state index in [9.17, 15) is 9.59 Å². The summed E-state index contributed by atoms with van der Waals surface area (Å²) in [6.45, 7) is 6.19. The van der Waals surface area contributed by atoms with Crippen LogP contribution in [0.15, 0.2) is 29.4 Å². The minimum absolute atomic E-state index is 0.197. The van der Waals surface area contributed by atoms with Gasteiger partial charge >= 0.3 is 6.09 Å². The van der Waals surface area contributed by atoms with E-state index in [0.717, 1.165) is 0 Å². The Hall–Kier alpha value is -2.41. The molecule has 0 aliphatic heterocycles. The van der Waals surface area contributed by atoms with Gasteiger partial charge in [-0.05, 0) is 38.5 Å². The summed E-state index contributed by atoms with van der Waals surface area (Å²) in [5.41, 5.74) is 2.87. The zero-order chi connectivity index (χ0) is 17.3. The Labute approximate surface area is 136 Å². The molecule has 2 amide bonds. The minimum Gasteiger partial charge on any atom is -0.443 e. The Kier molecular flexibility index (Phi) is 7.21. The smallest absolute Gasteiger partial charge is 0.428 e. The van der Waals surface area contributed by atoms with Crippen LogP contribution in [0.3, 0.4) is 0 Å². The maximum atomic E-state index is 11.9. The molecule has 7 heteroatoms. The van der Waals surface area contributed by atoms with E-state index < -0.39 is 11.7 Å². The van der Waals surface area contributed by atoms with Gasteiger partial charge in [0, 0.05) is 19.2 Å². The van der Waals surface area contributed by atoms with Gasteiger partial charge in [-0.2, -0.15) is 5.10 Å². The van der Waals surface area contributed by atoms with E-state index in [0.29, 0.717) is 24.3 Å². The topological polar surface area (TPSA) is 89.0 Å². The van der Waals surface area contributed by atoms with E-state index in [-0.39, 0.29) is 5.91 Å². The molecule has 0 bridgehead atoms. The largest absolute Gasteiger partial charge is 0.443 e. The molecule has 0 saturated heterocycles. The molecule has 0 aliphatic rings. The number of amides is 2. The molecule has 0 fully saturated rings.